The Kier molecular flexibility index (Phi) is 7.96. The molecule has 3 aromatic rings. The van der Waals surface area contributed by atoms with Gasteiger partial charge in [0.1, 0.15) is 5.82 Å². The molecule has 0 spiro atoms. The Labute approximate surface area is 215 Å². The normalized spacial score (nSPS) is 14.0. The molecule has 0 saturated carbocycles. The smallest absolute Gasteiger partial charge is 0.217 e. The molecule has 194 valence electrons. The minimum atomic E-state index is -0.382. The zero-order valence-corrected chi connectivity index (χ0v) is 21.4. The van der Waals surface area contributed by atoms with Gasteiger partial charge in [-0.1, -0.05) is 24.3 Å². The van der Waals surface area contributed by atoms with Gasteiger partial charge in [-0.3, -0.25) is 9.59 Å². The van der Waals surface area contributed by atoms with Gasteiger partial charge < -0.3 is 24.8 Å². The van der Waals surface area contributed by atoms with E-state index in [0.29, 0.717) is 59.9 Å². The van der Waals surface area contributed by atoms with E-state index in [0.717, 1.165) is 16.7 Å². The number of anilines is 1. The number of halogens is 1. The highest BCUT2D eigenvalue weighted by Gasteiger charge is 2.29. The van der Waals surface area contributed by atoms with Gasteiger partial charge in [0.2, 0.25) is 17.1 Å². The number of aryl methyl sites for hydroxylation is 1. The van der Waals surface area contributed by atoms with Gasteiger partial charge in [-0.15, -0.1) is 0 Å². The van der Waals surface area contributed by atoms with Crippen LogP contribution in [0.1, 0.15) is 36.1 Å². The first-order chi connectivity index (χ1) is 17.9. The average Bonchev–Trinajstić information content (AvgIpc) is 3.12. The minimum absolute atomic E-state index is 0.189. The predicted molar refractivity (Wildman–Crippen MR) is 141 cm³/mol. The number of nitrogens with one attached hydrogen (secondary N) is 2. The maximum Gasteiger partial charge on any atom is 0.217 e. The lowest BCUT2D eigenvalue weighted by atomic mass is 9.95. The van der Waals surface area contributed by atoms with Crippen LogP contribution in [0, 0.1) is 5.82 Å². The van der Waals surface area contributed by atoms with E-state index in [1.807, 2.05) is 12.1 Å². The lowest BCUT2D eigenvalue weighted by Crippen LogP contribution is -2.26. The topological polar surface area (TPSA) is 85.9 Å². The van der Waals surface area contributed by atoms with Crippen LogP contribution in [0.4, 0.5) is 10.1 Å². The summed E-state index contributed by atoms with van der Waals surface area (Å²) in [5.74, 6) is 1.02. The van der Waals surface area contributed by atoms with Gasteiger partial charge in [-0.2, -0.15) is 0 Å². The second kappa shape index (κ2) is 11.3. The summed E-state index contributed by atoms with van der Waals surface area (Å²) < 4.78 is 31.0. The van der Waals surface area contributed by atoms with E-state index in [1.54, 1.807) is 51.7 Å². The Balaban J connectivity index is 1.83. The molecule has 0 unspecified atom stereocenters. The highest BCUT2D eigenvalue weighted by Crippen LogP contribution is 2.50. The Hall–Kier alpha value is -4.07. The summed E-state index contributed by atoms with van der Waals surface area (Å²) in [5.41, 5.74) is 3.91. The maximum absolute atomic E-state index is 14.0. The molecule has 2 N–H and O–H groups in total. The minimum Gasteiger partial charge on any atom is -0.493 e. The van der Waals surface area contributed by atoms with Gasteiger partial charge in [-0.25, -0.2) is 4.39 Å². The summed E-state index contributed by atoms with van der Waals surface area (Å²) in [4.78, 5) is 25.4. The molecule has 0 aliphatic heterocycles. The zero-order valence-electron chi connectivity index (χ0n) is 21.4. The third-order valence-corrected chi connectivity index (χ3v) is 6.58. The van der Waals surface area contributed by atoms with E-state index in [1.165, 1.54) is 13.0 Å². The van der Waals surface area contributed by atoms with Gasteiger partial charge in [0.05, 0.1) is 33.1 Å². The SMILES string of the molecule is COc1cc2c(c(OC)c1OC)-c1ccc(NCCc3ccccc3F)c(=O)cc1[C@H](NC(C)=O)CC2. The van der Waals surface area contributed by atoms with Crippen LogP contribution in [0.3, 0.4) is 0 Å². The molecule has 0 bridgehead atoms. The van der Waals surface area contributed by atoms with E-state index in [4.69, 9.17) is 14.2 Å². The Morgan fingerprint density at radius 3 is 2.46 bits per heavy atom. The number of hydrogen-bond donors (Lipinski definition) is 2. The molecular formula is C29H31FN2O5. The number of benzene rings is 2. The van der Waals surface area contributed by atoms with Crippen LogP contribution in [-0.2, 0) is 17.6 Å². The lowest BCUT2D eigenvalue weighted by Gasteiger charge is -2.19. The molecule has 0 radical (unpaired) electrons. The molecule has 37 heavy (non-hydrogen) atoms. The van der Waals surface area contributed by atoms with Crippen molar-refractivity contribution in [1.29, 1.82) is 0 Å². The fourth-order valence-corrected chi connectivity index (χ4v) is 4.89. The van der Waals surface area contributed by atoms with Gasteiger partial charge in [0.25, 0.3) is 0 Å². The van der Waals surface area contributed by atoms with E-state index in [-0.39, 0.29) is 23.2 Å². The number of hydrogen-bond acceptors (Lipinski definition) is 6. The lowest BCUT2D eigenvalue weighted by molar-refractivity contribution is -0.119. The summed E-state index contributed by atoms with van der Waals surface area (Å²) >= 11 is 0. The van der Waals surface area contributed by atoms with Crippen LogP contribution in [0.25, 0.3) is 11.1 Å². The van der Waals surface area contributed by atoms with Gasteiger partial charge in [-0.05, 0) is 65.8 Å². The first-order valence-electron chi connectivity index (χ1n) is 12.1. The van der Waals surface area contributed by atoms with Crippen molar-refractivity contribution < 1.29 is 23.4 Å². The van der Waals surface area contributed by atoms with Crippen molar-refractivity contribution >= 4 is 11.6 Å². The van der Waals surface area contributed by atoms with E-state index < -0.39 is 0 Å². The predicted octanol–water partition coefficient (Wildman–Crippen LogP) is 4.66. The number of rotatable bonds is 8. The summed E-state index contributed by atoms with van der Waals surface area (Å²) in [6.07, 6.45) is 1.63. The first-order valence-corrected chi connectivity index (χ1v) is 12.1. The van der Waals surface area contributed by atoms with Crippen molar-refractivity contribution in [2.75, 3.05) is 33.2 Å². The molecule has 1 aliphatic carbocycles. The second-order valence-electron chi connectivity index (χ2n) is 8.86. The molecule has 3 aromatic carbocycles. The molecule has 1 atom stereocenters. The Morgan fingerprint density at radius 2 is 1.78 bits per heavy atom. The summed E-state index contributed by atoms with van der Waals surface area (Å²) in [7, 11) is 4.67. The number of ether oxygens (including phenoxy) is 3. The first kappa shape index (κ1) is 26.0. The molecule has 4 rings (SSSR count). The molecule has 1 aliphatic rings. The number of carbonyl (C=O) groups is 1. The van der Waals surface area contributed by atoms with Gasteiger partial charge in [0, 0.05) is 19.0 Å². The third-order valence-electron chi connectivity index (χ3n) is 6.58. The fraction of sp³-hybridized carbons (Fsp3) is 0.310. The van der Waals surface area contributed by atoms with Crippen molar-refractivity contribution in [3.8, 4) is 28.4 Å². The van der Waals surface area contributed by atoms with Crippen molar-refractivity contribution in [3.63, 3.8) is 0 Å². The highest BCUT2D eigenvalue weighted by atomic mass is 19.1. The van der Waals surface area contributed by atoms with Gasteiger partial charge in [0.15, 0.2) is 11.5 Å². The van der Waals surface area contributed by atoms with Crippen molar-refractivity contribution in [2.45, 2.75) is 32.2 Å². The molecule has 0 heterocycles. The van der Waals surface area contributed by atoms with Crippen molar-refractivity contribution in [3.05, 3.63) is 81.3 Å². The second-order valence-corrected chi connectivity index (χ2v) is 8.86. The maximum atomic E-state index is 14.0. The van der Waals surface area contributed by atoms with E-state index in [9.17, 15) is 14.0 Å². The largest absolute Gasteiger partial charge is 0.493 e. The van der Waals surface area contributed by atoms with Crippen molar-refractivity contribution in [2.24, 2.45) is 0 Å². The number of methoxy groups -OCH3 is 3. The van der Waals surface area contributed by atoms with E-state index in [2.05, 4.69) is 10.6 Å². The monoisotopic (exact) mass is 506 g/mol. The molecule has 8 heteroatoms. The molecule has 7 nitrogen and oxygen atoms in total. The van der Waals surface area contributed by atoms with Crippen LogP contribution in [-0.4, -0.2) is 33.8 Å². The standard InChI is InChI=1S/C29H31FN2O5/c1-17(33)32-23-11-9-19-15-26(35-2)28(36-3)29(37-4)27(19)20-10-12-24(25(34)16-21(20)23)31-14-13-18-7-5-6-8-22(18)30/h5-8,10,12,15-16,23H,9,11,13-14H2,1-4H3,(H,31,34)(H,32,33)/t23-/m1/s1. The van der Waals surface area contributed by atoms with Crippen LogP contribution in [0.15, 0.2) is 53.3 Å². The van der Waals surface area contributed by atoms with Crippen LogP contribution in [0.5, 0.6) is 17.2 Å². The Bertz CT molecular complexity index is 1380. The molecule has 0 aromatic heterocycles. The quantitative estimate of drug-likeness (QED) is 0.462. The summed E-state index contributed by atoms with van der Waals surface area (Å²) in [6.45, 7) is 1.84. The number of amides is 1. The van der Waals surface area contributed by atoms with Crippen LogP contribution in [0.2, 0.25) is 0 Å². The Morgan fingerprint density at radius 1 is 1.03 bits per heavy atom. The summed E-state index contributed by atoms with van der Waals surface area (Å²) in [5, 5.41) is 6.15. The van der Waals surface area contributed by atoms with Crippen molar-refractivity contribution in [1.82, 2.24) is 5.32 Å². The third kappa shape index (κ3) is 5.38. The molecule has 0 saturated heterocycles. The van der Waals surface area contributed by atoms with E-state index >= 15 is 0 Å². The van der Waals surface area contributed by atoms with Crippen LogP contribution >= 0.6 is 0 Å². The van der Waals surface area contributed by atoms with Crippen LogP contribution < -0.4 is 30.3 Å². The zero-order chi connectivity index (χ0) is 26.5. The molecular weight excluding hydrogens is 475 g/mol. The highest BCUT2D eigenvalue weighted by molar-refractivity contribution is 5.83. The van der Waals surface area contributed by atoms with Gasteiger partial charge >= 0.3 is 0 Å². The number of carbonyl (C=O) groups excluding carboxylic acids is 1. The average molecular weight is 507 g/mol. The summed E-state index contributed by atoms with van der Waals surface area (Å²) in [6, 6.07) is 13.3. The number of fused-ring (bicyclic) bond motifs is 3. The molecule has 0 fully saturated rings. The molecule has 1 amide bonds. The fourth-order valence-electron chi connectivity index (χ4n) is 4.89.